The van der Waals surface area contributed by atoms with Crippen LogP contribution in [0.2, 0.25) is 0 Å². The van der Waals surface area contributed by atoms with Crippen molar-refractivity contribution >= 4 is 5.97 Å². The Hall–Kier alpha value is 0.210. The minimum absolute atomic E-state index is 0. The first-order valence-corrected chi connectivity index (χ1v) is 9.49. The van der Waals surface area contributed by atoms with Crippen LogP contribution in [0.5, 0.6) is 0 Å². The Kier molecular flexibility index (Phi) is 23.6. The van der Waals surface area contributed by atoms with E-state index in [1.54, 1.807) is 0 Å². The predicted molar refractivity (Wildman–Crippen MR) is 91.8 cm³/mol. The van der Waals surface area contributed by atoms with E-state index in [0.717, 1.165) is 12.8 Å². The Bertz CT molecular complexity index is 219. The largest absolute Gasteiger partial charge is 0.481 e. The summed E-state index contributed by atoms with van der Waals surface area (Å²) in [5.41, 5.74) is 0. The molecule has 0 aliphatic carbocycles. The number of carboxylic acids is 1. The molecular weight excluding hydrogens is 368 g/mol. The monoisotopic (exact) mass is 405 g/mol. The smallest absolute Gasteiger partial charge is 0.303 e. The van der Waals surface area contributed by atoms with Gasteiger partial charge in [0.2, 0.25) is 0 Å². The average Bonchev–Trinajstić information content (AvgIpc) is 2.46. The van der Waals surface area contributed by atoms with Crippen LogP contribution >= 0.6 is 0 Å². The number of hydrogen-bond acceptors (Lipinski definition) is 1. The van der Waals surface area contributed by atoms with Crippen molar-refractivity contribution in [1.29, 1.82) is 0 Å². The molecule has 0 amide bonds. The fourth-order valence-corrected chi connectivity index (χ4v) is 2.82. The van der Waals surface area contributed by atoms with Crippen molar-refractivity contribution in [3.8, 4) is 0 Å². The third-order valence-corrected chi connectivity index (χ3v) is 4.24. The first kappa shape index (κ1) is 24.5. The molecule has 0 aromatic carbocycles. The van der Waals surface area contributed by atoms with Gasteiger partial charge in [-0.2, -0.15) is 0 Å². The van der Waals surface area contributed by atoms with E-state index < -0.39 is 5.97 Å². The maximum Gasteiger partial charge on any atom is 0.303 e. The third-order valence-electron chi connectivity index (χ3n) is 4.24. The summed E-state index contributed by atoms with van der Waals surface area (Å²) in [5, 5.41) is 8.53. The molecule has 0 aromatic heterocycles. The van der Waals surface area contributed by atoms with Gasteiger partial charge in [-0.05, 0) is 6.42 Å². The molecule has 2 nitrogen and oxygen atoms in total. The first-order valence-electron chi connectivity index (χ1n) is 9.49. The Labute approximate surface area is 154 Å². The summed E-state index contributed by atoms with van der Waals surface area (Å²) in [6.45, 7) is 2.27. The number of rotatable bonds is 17. The van der Waals surface area contributed by atoms with Crippen LogP contribution in [0.4, 0.5) is 0 Å². The predicted octanol–water partition coefficient (Wildman–Crippen LogP) is 6.72. The standard InChI is InChI=1S/C19H38O2.Ag/c1-2-3-4-5-6-7-8-9-10-11-12-13-14-15-16-17-18-19(20)21;/h2-18H2,1H3,(H,20,21);. The normalized spacial score (nSPS) is 10.4. The first-order chi connectivity index (χ1) is 10.3. The maximum absolute atomic E-state index is 10.3. The zero-order chi connectivity index (χ0) is 15.6. The van der Waals surface area contributed by atoms with Gasteiger partial charge in [-0.25, -0.2) is 0 Å². The zero-order valence-electron chi connectivity index (χ0n) is 14.7. The molecule has 0 rings (SSSR count). The number of carboxylic acid groups (broad SMARTS) is 1. The molecule has 3 heteroatoms. The van der Waals surface area contributed by atoms with Gasteiger partial charge in [0, 0.05) is 28.8 Å². The van der Waals surface area contributed by atoms with E-state index in [9.17, 15) is 4.79 Å². The topological polar surface area (TPSA) is 37.3 Å². The van der Waals surface area contributed by atoms with E-state index in [-0.39, 0.29) is 22.4 Å². The van der Waals surface area contributed by atoms with Crippen LogP contribution in [-0.2, 0) is 27.2 Å². The van der Waals surface area contributed by atoms with Crippen molar-refractivity contribution in [1.82, 2.24) is 0 Å². The summed E-state index contributed by atoms with van der Waals surface area (Å²) < 4.78 is 0. The van der Waals surface area contributed by atoms with Crippen LogP contribution in [0.1, 0.15) is 116 Å². The second-order valence-electron chi connectivity index (χ2n) is 6.45. The van der Waals surface area contributed by atoms with Gasteiger partial charge in [0.25, 0.3) is 0 Å². The molecule has 137 valence electrons. The van der Waals surface area contributed by atoms with Crippen LogP contribution in [0.25, 0.3) is 0 Å². The molecule has 0 heterocycles. The Morgan fingerprint density at radius 2 is 0.864 bits per heavy atom. The molecule has 0 saturated carbocycles. The number of unbranched alkanes of at least 4 members (excludes halogenated alkanes) is 15. The molecular formula is C19H38AgO2. The van der Waals surface area contributed by atoms with Gasteiger partial charge in [0.05, 0.1) is 0 Å². The van der Waals surface area contributed by atoms with Crippen molar-refractivity contribution in [3.63, 3.8) is 0 Å². The molecule has 0 spiro atoms. The van der Waals surface area contributed by atoms with Crippen molar-refractivity contribution in [2.45, 2.75) is 116 Å². The summed E-state index contributed by atoms with van der Waals surface area (Å²) in [5.74, 6) is -0.652. The Morgan fingerprint density at radius 1 is 0.591 bits per heavy atom. The summed E-state index contributed by atoms with van der Waals surface area (Å²) in [7, 11) is 0. The van der Waals surface area contributed by atoms with E-state index in [1.807, 2.05) is 0 Å². The Morgan fingerprint density at radius 3 is 1.14 bits per heavy atom. The molecule has 0 saturated heterocycles. The van der Waals surface area contributed by atoms with Gasteiger partial charge in [-0.15, -0.1) is 0 Å². The van der Waals surface area contributed by atoms with E-state index in [0.29, 0.717) is 6.42 Å². The average molecular weight is 406 g/mol. The molecule has 0 aliphatic heterocycles. The molecule has 0 atom stereocenters. The van der Waals surface area contributed by atoms with Gasteiger partial charge in [0.15, 0.2) is 0 Å². The molecule has 0 aliphatic rings. The van der Waals surface area contributed by atoms with Crippen molar-refractivity contribution < 1.29 is 32.3 Å². The second-order valence-corrected chi connectivity index (χ2v) is 6.45. The van der Waals surface area contributed by atoms with E-state index in [2.05, 4.69) is 6.92 Å². The summed E-state index contributed by atoms with van der Waals surface area (Å²) in [6.07, 6.45) is 21.7. The molecule has 0 fully saturated rings. The van der Waals surface area contributed by atoms with E-state index >= 15 is 0 Å². The number of carbonyl (C=O) groups is 1. The van der Waals surface area contributed by atoms with Gasteiger partial charge in [-0.1, -0.05) is 103 Å². The van der Waals surface area contributed by atoms with Gasteiger partial charge < -0.3 is 5.11 Å². The zero-order valence-corrected chi connectivity index (χ0v) is 16.2. The minimum atomic E-state index is -0.652. The number of aliphatic carboxylic acids is 1. The van der Waals surface area contributed by atoms with Gasteiger partial charge in [0.1, 0.15) is 0 Å². The van der Waals surface area contributed by atoms with Gasteiger partial charge >= 0.3 is 5.97 Å². The summed E-state index contributed by atoms with van der Waals surface area (Å²) >= 11 is 0. The molecule has 0 unspecified atom stereocenters. The quantitative estimate of drug-likeness (QED) is 0.215. The van der Waals surface area contributed by atoms with Crippen LogP contribution in [-0.4, -0.2) is 11.1 Å². The van der Waals surface area contributed by atoms with Crippen LogP contribution in [0.15, 0.2) is 0 Å². The van der Waals surface area contributed by atoms with Crippen molar-refractivity contribution in [2.75, 3.05) is 0 Å². The van der Waals surface area contributed by atoms with Crippen molar-refractivity contribution in [2.24, 2.45) is 0 Å². The number of hydrogen-bond donors (Lipinski definition) is 1. The maximum atomic E-state index is 10.3. The SMILES string of the molecule is CCCCCCCCCCCCCCCCCCC(=O)O.[Ag]. The molecule has 1 N–H and O–H groups in total. The molecule has 1 radical (unpaired) electrons. The third kappa shape index (κ3) is 22.5. The van der Waals surface area contributed by atoms with Crippen LogP contribution < -0.4 is 0 Å². The van der Waals surface area contributed by atoms with Crippen LogP contribution in [0.3, 0.4) is 0 Å². The van der Waals surface area contributed by atoms with Crippen molar-refractivity contribution in [3.05, 3.63) is 0 Å². The molecule has 22 heavy (non-hydrogen) atoms. The Balaban J connectivity index is 0. The van der Waals surface area contributed by atoms with E-state index in [1.165, 1.54) is 89.9 Å². The fourth-order valence-electron chi connectivity index (χ4n) is 2.82. The van der Waals surface area contributed by atoms with Gasteiger partial charge in [-0.3, -0.25) is 4.79 Å². The summed E-state index contributed by atoms with van der Waals surface area (Å²) in [6, 6.07) is 0. The molecule has 0 aromatic rings. The molecule has 0 bridgehead atoms. The van der Waals surface area contributed by atoms with E-state index in [4.69, 9.17) is 5.11 Å². The fraction of sp³-hybridized carbons (Fsp3) is 0.947. The van der Waals surface area contributed by atoms with Crippen LogP contribution in [0, 0.1) is 0 Å². The second kappa shape index (κ2) is 21.2. The minimum Gasteiger partial charge on any atom is -0.481 e. The summed E-state index contributed by atoms with van der Waals surface area (Å²) in [4.78, 5) is 10.3.